The fraction of sp³-hybridized carbons (Fsp3) is 0.444. The molecule has 5 nitrogen and oxygen atoms in total. The van der Waals surface area contributed by atoms with Gasteiger partial charge in [0.25, 0.3) is 5.91 Å². The van der Waals surface area contributed by atoms with Crippen molar-refractivity contribution >= 4 is 40.5 Å². The highest BCUT2D eigenvalue weighted by Gasteiger charge is 2.26. The van der Waals surface area contributed by atoms with Crippen LogP contribution in [0.25, 0.3) is 6.08 Å². The molecule has 1 saturated heterocycles. The molecule has 0 unspecified atom stereocenters. The van der Waals surface area contributed by atoms with E-state index in [2.05, 4.69) is 10.3 Å². The second-order valence-electron chi connectivity index (χ2n) is 6.32. The van der Waals surface area contributed by atoms with Crippen molar-refractivity contribution in [2.75, 3.05) is 13.2 Å². The number of rotatable bonds is 2. The highest BCUT2D eigenvalue weighted by molar-refractivity contribution is 8.18. The van der Waals surface area contributed by atoms with E-state index in [0.29, 0.717) is 45.9 Å². The molecule has 2 fully saturated rings. The molecule has 1 aliphatic carbocycles. The largest absolute Gasteiger partial charge is 0.489 e. The van der Waals surface area contributed by atoms with E-state index in [1.165, 1.54) is 24.6 Å². The maximum absolute atomic E-state index is 12.2. The lowest BCUT2D eigenvalue weighted by Crippen LogP contribution is -2.21. The quantitative estimate of drug-likeness (QED) is 0.790. The Morgan fingerprint density at radius 3 is 2.84 bits per heavy atom. The summed E-state index contributed by atoms with van der Waals surface area (Å²) in [5.41, 5.74) is 0.814. The van der Waals surface area contributed by atoms with Crippen LogP contribution in [0.4, 0.5) is 0 Å². The van der Waals surface area contributed by atoms with E-state index in [1.54, 1.807) is 6.07 Å². The van der Waals surface area contributed by atoms with Crippen molar-refractivity contribution in [1.82, 2.24) is 5.32 Å². The van der Waals surface area contributed by atoms with Gasteiger partial charge >= 0.3 is 0 Å². The SMILES string of the molecule is O=C1NC(=NC2CCCC2)S/C1=C\c1cc(Cl)c2c(c1)OCCCO2. The predicted octanol–water partition coefficient (Wildman–Crippen LogP) is 4.00. The zero-order valence-electron chi connectivity index (χ0n) is 13.7. The van der Waals surface area contributed by atoms with Crippen molar-refractivity contribution in [3.63, 3.8) is 0 Å². The van der Waals surface area contributed by atoms with E-state index in [1.807, 2.05) is 12.1 Å². The van der Waals surface area contributed by atoms with Gasteiger partial charge in [-0.3, -0.25) is 9.79 Å². The van der Waals surface area contributed by atoms with Gasteiger partial charge in [-0.05, 0) is 48.4 Å². The lowest BCUT2D eigenvalue weighted by Gasteiger charge is -2.10. The summed E-state index contributed by atoms with van der Waals surface area (Å²) in [7, 11) is 0. The van der Waals surface area contributed by atoms with Gasteiger partial charge in [-0.1, -0.05) is 24.4 Å². The van der Waals surface area contributed by atoms with Gasteiger partial charge in [0.1, 0.15) is 0 Å². The molecule has 1 aromatic rings. The third-order valence-corrected chi connectivity index (χ3v) is 5.60. The topological polar surface area (TPSA) is 59.9 Å². The summed E-state index contributed by atoms with van der Waals surface area (Å²) in [6.45, 7) is 1.18. The number of nitrogens with zero attached hydrogens (tertiary/aromatic N) is 1. The molecule has 7 heteroatoms. The van der Waals surface area contributed by atoms with Crippen LogP contribution in [0, 0.1) is 0 Å². The van der Waals surface area contributed by atoms with Crippen LogP contribution >= 0.6 is 23.4 Å². The molecule has 2 aliphatic heterocycles. The number of fused-ring (bicyclic) bond motifs is 1. The smallest absolute Gasteiger partial charge is 0.264 e. The number of hydrogen-bond donors (Lipinski definition) is 1. The first-order valence-electron chi connectivity index (χ1n) is 8.57. The number of nitrogens with one attached hydrogen (secondary N) is 1. The van der Waals surface area contributed by atoms with Crippen molar-refractivity contribution in [2.24, 2.45) is 4.99 Å². The van der Waals surface area contributed by atoms with Crippen molar-refractivity contribution in [1.29, 1.82) is 0 Å². The van der Waals surface area contributed by atoms with Gasteiger partial charge in [-0.2, -0.15) is 0 Å². The van der Waals surface area contributed by atoms with Crippen LogP contribution in [0.2, 0.25) is 5.02 Å². The molecule has 0 spiro atoms. The Morgan fingerprint density at radius 1 is 1.20 bits per heavy atom. The van der Waals surface area contributed by atoms with Crippen LogP contribution in [0.3, 0.4) is 0 Å². The Hall–Kier alpha value is -1.66. The number of aliphatic imine (C=N–C) groups is 1. The van der Waals surface area contributed by atoms with E-state index >= 15 is 0 Å². The van der Waals surface area contributed by atoms with Crippen LogP contribution < -0.4 is 14.8 Å². The summed E-state index contributed by atoms with van der Waals surface area (Å²) in [5, 5.41) is 4.05. The summed E-state index contributed by atoms with van der Waals surface area (Å²) < 4.78 is 11.3. The molecule has 1 amide bonds. The molecule has 0 radical (unpaired) electrons. The fourth-order valence-electron chi connectivity index (χ4n) is 3.17. The van der Waals surface area contributed by atoms with Gasteiger partial charge in [0, 0.05) is 6.42 Å². The number of ether oxygens (including phenoxy) is 2. The minimum Gasteiger partial charge on any atom is -0.489 e. The van der Waals surface area contributed by atoms with E-state index in [-0.39, 0.29) is 5.91 Å². The third-order valence-electron chi connectivity index (χ3n) is 4.40. The standard InChI is InChI=1S/C18H19ClN2O3S/c19-13-8-11(9-14-16(13)24-7-3-6-23-14)10-15-17(22)21-18(25-15)20-12-4-1-2-5-12/h8-10,12H,1-7H2,(H,20,21,22)/b15-10-. The van der Waals surface area contributed by atoms with Crippen LogP contribution in [0.15, 0.2) is 22.0 Å². The highest BCUT2D eigenvalue weighted by Crippen LogP contribution is 2.39. The maximum atomic E-state index is 12.2. The lowest BCUT2D eigenvalue weighted by atomic mass is 10.2. The fourth-order valence-corrected chi connectivity index (χ4v) is 4.34. The van der Waals surface area contributed by atoms with E-state index in [4.69, 9.17) is 21.1 Å². The molecular weight excluding hydrogens is 360 g/mol. The number of amidine groups is 1. The predicted molar refractivity (Wildman–Crippen MR) is 100 cm³/mol. The molecule has 0 bridgehead atoms. The zero-order chi connectivity index (χ0) is 17.2. The minimum atomic E-state index is -0.120. The molecule has 1 saturated carbocycles. The summed E-state index contributed by atoms with van der Waals surface area (Å²) in [6, 6.07) is 4.00. The number of thioether (sulfide) groups is 1. The van der Waals surface area contributed by atoms with Crippen LogP contribution in [-0.2, 0) is 4.79 Å². The van der Waals surface area contributed by atoms with Gasteiger partial charge in [-0.15, -0.1) is 0 Å². The summed E-state index contributed by atoms with van der Waals surface area (Å²) in [4.78, 5) is 17.5. The van der Waals surface area contributed by atoms with E-state index < -0.39 is 0 Å². The maximum Gasteiger partial charge on any atom is 0.264 e. The van der Waals surface area contributed by atoms with Crippen molar-refractivity contribution < 1.29 is 14.3 Å². The number of halogens is 1. The first-order valence-corrected chi connectivity index (χ1v) is 9.76. The normalized spacial score (nSPS) is 24.0. The highest BCUT2D eigenvalue weighted by atomic mass is 35.5. The van der Waals surface area contributed by atoms with Gasteiger partial charge in [0.05, 0.1) is 29.2 Å². The van der Waals surface area contributed by atoms with Gasteiger partial charge in [-0.25, -0.2) is 0 Å². The molecule has 25 heavy (non-hydrogen) atoms. The Morgan fingerprint density at radius 2 is 2.00 bits per heavy atom. The van der Waals surface area contributed by atoms with E-state index in [0.717, 1.165) is 24.8 Å². The van der Waals surface area contributed by atoms with Gasteiger partial charge in [0.15, 0.2) is 16.7 Å². The molecule has 1 N–H and O–H groups in total. The Bertz CT molecular complexity index is 757. The minimum absolute atomic E-state index is 0.120. The van der Waals surface area contributed by atoms with Gasteiger partial charge in [0.2, 0.25) is 0 Å². The number of carbonyl (C=O) groups is 1. The number of hydrogen-bond acceptors (Lipinski definition) is 5. The average Bonchev–Trinajstić information content (AvgIpc) is 3.12. The lowest BCUT2D eigenvalue weighted by molar-refractivity contribution is -0.115. The molecule has 0 atom stereocenters. The Balaban J connectivity index is 1.57. The molecule has 4 rings (SSSR count). The first kappa shape index (κ1) is 16.8. The van der Waals surface area contributed by atoms with Crippen LogP contribution in [0.1, 0.15) is 37.7 Å². The second kappa shape index (κ2) is 7.30. The molecular formula is C18H19ClN2O3S. The van der Waals surface area contributed by atoms with Crippen molar-refractivity contribution in [3.05, 3.63) is 27.6 Å². The third kappa shape index (κ3) is 3.80. The Labute approximate surface area is 155 Å². The van der Waals surface area contributed by atoms with Crippen molar-refractivity contribution in [3.8, 4) is 11.5 Å². The number of amides is 1. The second-order valence-corrected chi connectivity index (χ2v) is 7.76. The zero-order valence-corrected chi connectivity index (χ0v) is 15.3. The average molecular weight is 379 g/mol. The summed E-state index contributed by atoms with van der Waals surface area (Å²) >= 11 is 7.70. The van der Waals surface area contributed by atoms with E-state index in [9.17, 15) is 4.79 Å². The van der Waals surface area contributed by atoms with Crippen LogP contribution in [-0.4, -0.2) is 30.3 Å². The first-order chi connectivity index (χ1) is 12.2. The molecule has 0 aromatic heterocycles. The number of carbonyl (C=O) groups excluding carboxylic acids is 1. The summed E-state index contributed by atoms with van der Waals surface area (Å²) in [6.07, 6.45) is 7.29. The molecule has 2 heterocycles. The molecule has 132 valence electrons. The summed E-state index contributed by atoms with van der Waals surface area (Å²) in [5.74, 6) is 1.08. The van der Waals surface area contributed by atoms with Gasteiger partial charge < -0.3 is 14.8 Å². The monoisotopic (exact) mass is 378 g/mol. The Kier molecular flexibility index (Phi) is 4.90. The number of benzene rings is 1. The van der Waals surface area contributed by atoms with Crippen molar-refractivity contribution in [2.45, 2.75) is 38.1 Å². The molecule has 3 aliphatic rings. The molecule has 1 aromatic carbocycles. The van der Waals surface area contributed by atoms with Crippen LogP contribution in [0.5, 0.6) is 11.5 Å².